The lowest BCUT2D eigenvalue weighted by molar-refractivity contribution is -0.142. The molecule has 2 unspecified atom stereocenters. The van der Waals surface area contributed by atoms with E-state index < -0.39 is 28.7 Å². The Bertz CT molecular complexity index is 1250. The summed E-state index contributed by atoms with van der Waals surface area (Å²) in [5.41, 5.74) is 1.22. The number of ether oxygens (including phenoxy) is 2. The molecular formula is C30H37N3O6S. The summed E-state index contributed by atoms with van der Waals surface area (Å²) < 4.78 is 9.97. The molecule has 2 bridgehead atoms. The zero-order chi connectivity index (χ0) is 28.6. The molecule has 3 N–H and O–H groups in total. The van der Waals surface area contributed by atoms with Crippen LogP contribution in [0.3, 0.4) is 0 Å². The highest BCUT2D eigenvalue weighted by molar-refractivity contribution is 8.02. The van der Waals surface area contributed by atoms with Crippen LogP contribution in [0.15, 0.2) is 48.5 Å². The Morgan fingerprint density at radius 1 is 1.05 bits per heavy atom. The van der Waals surface area contributed by atoms with Crippen molar-refractivity contribution in [1.29, 1.82) is 0 Å². The van der Waals surface area contributed by atoms with E-state index in [9.17, 15) is 19.5 Å². The molecule has 0 saturated carbocycles. The summed E-state index contributed by atoms with van der Waals surface area (Å²) in [5.74, 6) is -0.692. The van der Waals surface area contributed by atoms with Gasteiger partial charge in [-0.1, -0.05) is 13.8 Å². The average molecular weight is 568 g/mol. The van der Waals surface area contributed by atoms with Gasteiger partial charge in [0.25, 0.3) is 0 Å². The van der Waals surface area contributed by atoms with Crippen LogP contribution in [0.5, 0.6) is 11.5 Å². The minimum absolute atomic E-state index is 0.0679. The molecule has 2 aromatic carbocycles. The second-order valence-electron chi connectivity index (χ2n) is 11.0. The van der Waals surface area contributed by atoms with Crippen LogP contribution in [-0.2, 0) is 14.4 Å². The fourth-order valence-electron chi connectivity index (χ4n) is 6.58. The highest BCUT2D eigenvalue weighted by Gasteiger charge is 2.74. The van der Waals surface area contributed by atoms with Crippen molar-refractivity contribution < 1.29 is 29.0 Å². The maximum atomic E-state index is 14.2. The van der Waals surface area contributed by atoms with E-state index in [-0.39, 0.29) is 35.5 Å². The number of aliphatic hydroxyl groups excluding tert-OH is 1. The fraction of sp³-hybridized carbons (Fsp3) is 0.500. The number of aliphatic hydroxyl groups is 1. The van der Waals surface area contributed by atoms with Crippen molar-refractivity contribution in [2.45, 2.75) is 55.7 Å². The van der Waals surface area contributed by atoms with Crippen LogP contribution < -0.4 is 20.1 Å². The van der Waals surface area contributed by atoms with Crippen LogP contribution in [0.4, 0.5) is 11.4 Å². The number of likely N-dealkylation sites (tertiary alicyclic amines) is 1. The quantitative estimate of drug-likeness (QED) is 0.400. The first kappa shape index (κ1) is 28.3. The minimum Gasteiger partial charge on any atom is -0.497 e. The largest absolute Gasteiger partial charge is 0.497 e. The molecule has 2 aromatic rings. The summed E-state index contributed by atoms with van der Waals surface area (Å²) in [6, 6.07) is 12.8. The Balaban J connectivity index is 1.45. The number of nitrogens with one attached hydrogen (secondary N) is 2. The van der Waals surface area contributed by atoms with Gasteiger partial charge in [0.15, 0.2) is 0 Å². The molecule has 6 atom stereocenters. The lowest BCUT2D eigenvalue weighted by Gasteiger charge is -2.38. The van der Waals surface area contributed by atoms with E-state index in [1.54, 1.807) is 72.3 Å². The van der Waals surface area contributed by atoms with Crippen LogP contribution in [0.2, 0.25) is 0 Å². The van der Waals surface area contributed by atoms with Gasteiger partial charge in [0.1, 0.15) is 17.5 Å². The molecule has 5 rings (SSSR count). The summed E-state index contributed by atoms with van der Waals surface area (Å²) in [6.45, 7) is 6.05. The molecular weight excluding hydrogens is 530 g/mol. The topological polar surface area (TPSA) is 117 Å². The first-order chi connectivity index (χ1) is 19.2. The lowest BCUT2D eigenvalue weighted by atomic mass is 9.70. The molecule has 10 heteroatoms. The Morgan fingerprint density at radius 3 is 2.20 bits per heavy atom. The van der Waals surface area contributed by atoms with Crippen LogP contribution in [-0.4, -0.2) is 70.1 Å². The van der Waals surface area contributed by atoms with Gasteiger partial charge in [-0.05, 0) is 74.2 Å². The van der Waals surface area contributed by atoms with E-state index in [0.717, 1.165) is 6.42 Å². The second kappa shape index (κ2) is 11.3. The molecule has 3 fully saturated rings. The molecule has 0 aromatic heterocycles. The third-order valence-electron chi connectivity index (χ3n) is 8.39. The lowest BCUT2D eigenvalue weighted by Crippen LogP contribution is -2.56. The Kier molecular flexibility index (Phi) is 8.01. The predicted octanol–water partition coefficient (Wildman–Crippen LogP) is 3.78. The summed E-state index contributed by atoms with van der Waals surface area (Å²) in [4.78, 5) is 43.5. The highest BCUT2D eigenvalue weighted by atomic mass is 32.2. The van der Waals surface area contributed by atoms with E-state index in [1.165, 1.54) is 0 Å². The Morgan fingerprint density at radius 2 is 1.65 bits per heavy atom. The third-order valence-corrected chi connectivity index (χ3v) is 10.3. The van der Waals surface area contributed by atoms with Gasteiger partial charge >= 0.3 is 0 Å². The fourth-order valence-corrected chi connectivity index (χ4v) is 8.79. The van der Waals surface area contributed by atoms with Crippen LogP contribution in [0.25, 0.3) is 0 Å². The van der Waals surface area contributed by atoms with Crippen molar-refractivity contribution in [3.05, 3.63) is 48.5 Å². The van der Waals surface area contributed by atoms with Crippen LogP contribution in [0.1, 0.15) is 33.6 Å². The van der Waals surface area contributed by atoms with E-state index in [2.05, 4.69) is 10.6 Å². The van der Waals surface area contributed by atoms with E-state index in [0.29, 0.717) is 35.9 Å². The smallest absolute Gasteiger partial charge is 0.248 e. The Hall–Kier alpha value is -3.24. The van der Waals surface area contributed by atoms with Crippen LogP contribution >= 0.6 is 11.8 Å². The number of hydrogen-bond acceptors (Lipinski definition) is 7. The second-order valence-corrected chi connectivity index (χ2v) is 12.6. The maximum Gasteiger partial charge on any atom is 0.248 e. The molecule has 3 aliphatic rings. The van der Waals surface area contributed by atoms with Gasteiger partial charge in [0.2, 0.25) is 17.7 Å². The summed E-state index contributed by atoms with van der Waals surface area (Å²) >= 11 is 1.60. The van der Waals surface area contributed by atoms with Crippen molar-refractivity contribution in [1.82, 2.24) is 4.90 Å². The number of fused-ring (bicyclic) bond motifs is 1. The predicted molar refractivity (Wildman–Crippen MR) is 155 cm³/mol. The number of methoxy groups -OCH3 is 1. The molecule has 3 aliphatic heterocycles. The number of amides is 3. The van der Waals surface area contributed by atoms with E-state index >= 15 is 0 Å². The molecule has 0 radical (unpaired) electrons. The zero-order valence-corrected chi connectivity index (χ0v) is 24.1. The first-order valence-corrected chi connectivity index (χ1v) is 14.7. The number of rotatable bonds is 10. The SMILES string of the molecule is CCOc1ccc(NC(=O)[C@@H]2[C@@H]3CCC4(S3)C(C(=O)Nc3ccc(OC)cc3)N([C@@H](CO)C(C)C)C(=O)[C@H]24)cc1. The van der Waals surface area contributed by atoms with Crippen LogP contribution in [0, 0.1) is 17.8 Å². The van der Waals surface area contributed by atoms with Crippen molar-refractivity contribution >= 4 is 40.9 Å². The summed E-state index contributed by atoms with van der Waals surface area (Å²) in [6.07, 6.45) is 1.39. The van der Waals surface area contributed by atoms with Gasteiger partial charge in [-0.2, -0.15) is 0 Å². The third kappa shape index (κ3) is 4.81. The number of anilines is 2. The number of carbonyl (C=O) groups is 3. The average Bonchev–Trinajstić information content (AvgIpc) is 3.58. The molecule has 40 heavy (non-hydrogen) atoms. The molecule has 3 saturated heterocycles. The molecule has 3 heterocycles. The molecule has 214 valence electrons. The Labute approximate surface area is 239 Å². The van der Waals surface area contributed by atoms with E-state index in [4.69, 9.17) is 9.47 Å². The number of carbonyl (C=O) groups excluding carboxylic acids is 3. The van der Waals surface area contributed by atoms with Gasteiger partial charge < -0.3 is 30.1 Å². The normalized spacial score (nSPS) is 27.4. The number of thioether (sulfide) groups is 1. The highest BCUT2D eigenvalue weighted by Crippen LogP contribution is 2.66. The number of nitrogens with zero attached hydrogens (tertiary/aromatic N) is 1. The van der Waals surface area contributed by atoms with Crippen molar-refractivity contribution in [2.75, 3.05) is 31.0 Å². The standard InChI is InChI=1S/C30H37N3O6S/c1-5-39-21-12-8-18(9-13-21)31-27(35)24-23-14-15-30(40-23)25(24)29(37)33(22(16-34)17(2)3)26(30)28(36)32-19-6-10-20(38-4)11-7-19/h6-13,17,22-26,34H,5,14-16H2,1-4H3,(H,31,35)(H,32,36)/t22-,23-,24+,25-,26?,30?/m0/s1. The molecule has 9 nitrogen and oxygen atoms in total. The maximum absolute atomic E-state index is 14.2. The van der Waals surface area contributed by atoms with Crippen molar-refractivity contribution in [2.24, 2.45) is 17.8 Å². The molecule has 3 amide bonds. The molecule has 0 aliphatic carbocycles. The summed E-state index contributed by atoms with van der Waals surface area (Å²) in [5, 5.41) is 16.3. The minimum atomic E-state index is -0.815. The van der Waals surface area contributed by atoms with Gasteiger partial charge in [-0.25, -0.2) is 0 Å². The zero-order valence-electron chi connectivity index (χ0n) is 23.3. The monoisotopic (exact) mass is 567 g/mol. The van der Waals surface area contributed by atoms with Gasteiger partial charge in [0.05, 0.1) is 42.9 Å². The van der Waals surface area contributed by atoms with Gasteiger partial charge in [-0.15, -0.1) is 11.8 Å². The van der Waals surface area contributed by atoms with Crippen molar-refractivity contribution in [3.8, 4) is 11.5 Å². The van der Waals surface area contributed by atoms with Gasteiger partial charge in [0, 0.05) is 16.6 Å². The number of hydrogen-bond donors (Lipinski definition) is 3. The van der Waals surface area contributed by atoms with Gasteiger partial charge in [-0.3, -0.25) is 14.4 Å². The van der Waals surface area contributed by atoms with Crippen molar-refractivity contribution in [3.63, 3.8) is 0 Å². The van der Waals surface area contributed by atoms with E-state index in [1.807, 2.05) is 20.8 Å². The first-order valence-electron chi connectivity index (χ1n) is 13.8. The summed E-state index contributed by atoms with van der Waals surface area (Å²) in [7, 11) is 1.58. The molecule has 1 spiro atoms. The number of benzene rings is 2.